The third kappa shape index (κ3) is 4.59. The number of fused-ring (bicyclic) bond motifs is 1. The number of halogens is 2. The van der Waals surface area contributed by atoms with E-state index in [-0.39, 0.29) is 34.7 Å². The van der Waals surface area contributed by atoms with Gasteiger partial charge < -0.3 is 14.5 Å². The molecule has 13 heteroatoms. The summed E-state index contributed by atoms with van der Waals surface area (Å²) in [5.41, 5.74) is -0.110. The molecule has 0 saturated heterocycles. The second-order valence-electron chi connectivity index (χ2n) is 7.70. The lowest BCUT2D eigenvalue weighted by atomic mass is 10.1. The van der Waals surface area contributed by atoms with Gasteiger partial charge in [-0.15, -0.1) is 0 Å². The summed E-state index contributed by atoms with van der Waals surface area (Å²) in [4.78, 5) is 24.1. The highest BCUT2D eigenvalue weighted by Crippen LogP contribution is 2.30. The highest BCUT2D eigenvalue weighted by Gasteiger charge is 2.24. The van der Waals surface area contributed by atoms with Crippen molar-refractivity contribution in [3.05, 3.63) is 70.2 Å². The lowest BCUT2D eigenvalue weighted by Crippen LogP contribution is -2.30. The molecule has 0 amide bonds. The van der Waals surface area contributed by atoms with E-state index in [1.807, 2.05) is 0 Å². The van der Waals surface area contributed by atoms with E-state index < -0.39 is 27.4 Å². The minimum Gasteiger partial charge on any atom is -0.493 e. The summed E-state index contributed by atoms with van der Waals surface area (Å²) in [5, 5.41) is 0.242. The molecule has 35 heavy (non-hydrogen) atoms. The lowest BCUT2D eigenvalue weighted by molar-refractivity contribution is 0.355. The summed E-state index contributed by atoms with van der Waals surface area (Å²) >= 11 is 0. The van der Waals surface area contributed by atoms with Gasteiger partial charge in [0.15, 0.2) is 11.5 Å². The van der Waals surface area contributed by atoms with Crippen molar-refractivity contribution in [1.29, 1.82) is 0 Å². The summed E-state index contributed by atoms with van der Waals surface area (Å²) in [6, 6.07) is 5.79. The first-order chi connectivity index (χ1) is 16.5. The zero-order valence-electron chi connectivity index (χ0n) is 19.2. The fourth-order valence-corrected chi connectivity index (χ4v) is 4.44. The number of ether oxygens (including phenoxy) is 2. The maximum absolute atomic E-state index is 13.8. The number of nitrogens with one attached hydrogen (secondary N) is 1. The minimum absolute atomic E-state index is 0.0263. The Hall–Kier alpha value is -3.84. The van der Waals surface area contributed by atoms with E-state index in [1.165, 1.54) is 40.4 Å². The molecule has 2 heterocycles. The number of methoxy groups -OCH3 is 2. The predicted molar refractivity (Wildman–Crippen MR) is 124 cm³/mol. The summed E-state index contributed by atoms with van der Waals surface area (Å²) in [5.74, 6) is -0.877. The van der Waals surface area contributed by atoms with Gasteiger partial charge in [-0.1, -0.05) is 0 Å². The van der Waals surface area contributed by atoms with Crippen molar-refractivity contribution in [2.75, 3.05) is 28.3 Å². The first-order valence-corrected chi connectivity index (χ1v) is 11.6. The zero-order chi connectivity index (χ0) is 25.5. The van der Waals surface area contributed by atoms with E-state index >= 15 is 0 Å². The van der Waals surface area contributed by atoms with Crippen molar-refractivity contribution in [2.24, 2.45) is 0 Å². The highest BCUT2D eigenvalue weighted by atomic mass is 32.2. The van der Waals surface area contributed by atoms with E-state index in [2.05, 4.69) is 15.0 Å². The van der Waals surface area contributed by atoms with E-state index in [4.69, 9.17) is 9.47 Å². The van der Waals surface area contributed by atoms with Crippen molar-refractivity contribution < 1.29 is 26.7 Å². The number of imidazole rings is 1. The lowest BCUT2D eigenvalue weighted by Gasteiger charge is -2.14. The number of benzene rings is 2. The molecular formula is C22H21F2N5O5S. The van der Waals surface area contributed by atoms with Crippen LogP contribution in [0.4, 0.5) is 8.78 Å². The van der Waals surface area contributed by atoms with Crippen molar-refractivity contribution in [3.63, 3.8) is 0 Å². The molecule has 0 atom stereocenters. The minimum atomic E-state index is -4.06. The van der Waals surface area contributed by atoms with Crippen molar-refractivity contribution >= 4 is 21.1 Å². The summed E-state index contributed by atoms with van der Waals surface area (Å²) in [7, 11) is 1.48. The molecule has 2 aromatic carbocycles. The van der Waals surface area contributed by atoms with Gasteiger partial charge in [-0.2, -0.15) is 12.7 Å². The Balaban J connectivity index is 1.86. The average molecular weight is 506 g/mol. The van der Waals surface area contributed by atoms with E-state index in [1.54, 1.807) is 0 Å². The van der Waals surface area contributed by atoms with Gasteiger partial charge in [0.1, 0.15) is 23.3 Å². The van der Waals surface area contributed by atoms with Gasteiger partial charge in [-0.05, 0) is 18.2 Å². The van der Waals surface area contributed by atoms with Crippen LogP contribution in [0.5, 0.6) is 11.5 Å². The smallest absolute Gasteiger partial charge is 0.308 e. The van der Waals surface area contributed by atoms with Crippen LogP contribution in [0.1, 0.15) is 11.6 Å². The third-order valence-corrected chi connectivity index (χ3v) is 6.93. The van der Waals surface area contributed by atoms with Gasteiger partial charge in [0, 0.05) is 38.0 Å². The summed E-state index contributed by atoms with van der Waals surface area (Å²) < 4.78 is 65.7. The monoisotopic (exact) mass is 505 g/mol. The van der Waals surface area contributed by atoms with Crippen LogP contribution in [-0.4, -0.2) is 60.0 Å². The molecule has 0 aliphatic heterocycles. The van der Waals surface area contributed by atoms with Crippen LogP contribution in [0.2, 0.25) is 0 Å². The number of aromatic nitrogens is 4. The molecule has 0 fully saturated rings. The number of nitrogens with zero attached hydrogens (tertiary/aromatic N) is 4. The number of rotatable bonds is 7. The Bertz CT molecular complexity index is 1580. The van der Waals surface area contributed by atoms with E-state index in [9.17, 15) is 22.0 Å². The van der Waals surface area contributed by atoms with E-state index in [0.717, 1.165) is 26.6 Å². The maximum Gasteiger partial charge on any atom is 0.308 e. The van der Waals surface area contributed by atoms with Gasteiger partial charge in [0.05, 0.1) is 37.2 Å². The van der Waals surface area contributed by atoms with Crippen LogP contribution in [-0.2, 0) is 16.6 Å². The molecule has 0 aliphatic rings. The van der Waals surface area contributed by atoms with Crippen molar-refractivity contribution in [2.45, 2.75) is 6.42 Å². The molecule has 4 aromatic rings. The second kappa shape index (κ2) is 9.07. The average Bonchev–Trinajstić information content (AvgIpc) is 3.22. The molecule has 0 bridgehead atoms. The van der Waals surface area contributed by atoms with Crippen LogP contribution in [0.15, 0.2) is 41.3 Å². The molecule has 10 nitrogen and oxygen atoms in total. The van der Waals surface area contributed by atoms with Crippen LogP contribution in [0.25, 0.3) is 22.2 Å². The van der Waals surface area contributed by atoms with Gasteiger partial charge in [-0.25, -0.2) is 22.7 Å². The van der Waals surface area contributed by atoms with Gasteiger partial charge in [0.25, 0.3) is 5.56 Å². The fourth-order valence-electron chi connectivity index (χ4n) is 3.48. The highest BCUT2D eigenvalue weighted by molar-refractivity contribution is 7.87. The molecule has 0 aliphatic carbocycles. The Morgan fingerprint density at radius 1 is 1.00 bits per heavy atom. The molecule has 1 N–H and O–H groups in total. The predicted octanol–water partition coefficient (Wildman–Crippen LogP) is 2.33. The molecule has 0 spiro atoms. The zero-order valence-corrected chi connectivity index (χ0v) is 20.0. The first-order valence-electron chi connectivity index (χ1n) is 10.2. The van der Waals surface area contributed by atoms with E-state index in [0.29, 0.717) is 23.1 Å². The van der Waals surface area contributed by atoms with Gasteiger partial charge >= 0.3 is 10.2 Å². The summed E-state index contributed by atoms with van der Waals surface area (Å²) in [6.07, 6.45) is 0.955. The second-order valence-corrected chi connectivity index (χ2v) is 9.72. The molecule has 4 rings (SSSR count). The Morgan fingerprint density at radius 3 is 2.23 bits per heavy atom. The quantitative estimate of drug-likeness (QED) is 0.409. The van der Waals surface area contributed by atoms with Crippen molar-refractivity contribution in [1.82, 2.24) is 23.2 Å². The maximum atomic E-state index is 13.8. The van der Waals surface area contributed by atoms with Crippen LogP contribution in [0.3, 0.4) is 0 Å². The number of H-pyrrole nitrogens is 1. The van der Waals surface area contributed by atoms with Gasteiger partial charge in [-0.3, -0.25) is 4.79 Å². The Kier molecular flexibility index (Phi) is 6.30. The van der Waals surface area contributed by atoms with Crippen LogP contribution < -0.4 is 15.0 Å². The van der Waals surface area contributed by atoms with Crippen molar-refractivity contribution in [3.8, 4) is 22.8 Å². The Labute approximate surface area is 199 Å². The standard InChI is InChI=1S/C22H21F2N5O5S/c1-28(2)35(31,32)29-11-17(12-5-13(23)7-14(24)6-12)26-21(29)10-20-25-16-9-19(34-4)18(33-3)8-15(16)22(30)27-20/h5-9,11H,10H2,1-4H3,(H,25,27,30). The fraction of sp³-hybridized carbons (Fsp3) is 0.227. The number of hydrogen-bond acceptors (Lipinski definition) is 7. The summed E-state index contributed by atoms with van der Waals surface area (Å²) in [6.45, 7) is 0. The largest absolute Gasteiger partial charge is 0.493 e. The topological polar surface area (TPSA) is 119 Å². The number of aromatic amines is 1. The molecular weight excluding hydrogens is 484 g/mol. The molecule has 0 radical (unpaired) electrons. The van der Waals surface area contributed by atoms with Crippen LogP contribution >= 0.6 is 0 Å². The molecule has 0 unspecified atom stereocenters. The van der Waals surface area contributed by atoms with Crippen LogP contribution in [0, 0.1) is 11.6 Å². The molecule has 2 aromatic heterocycles. The first kappa shape index (κ1) is 24.3. The molecule has 0 saturated carbocycles. The van der Waals surface area contributed by atoms with Gasteiger partial charge in [0.2, 0.25) is 0 Å². The normalized spacial score (nSPS) is 11.9. The molecule has 184 valence electrons. The SMILES string of the molecule is COc1cc2nc(Cc3nc(-c4cc(F)cc(F)c4)cn3S(=O)(=O)N(C)C)[nH]c(=O)c2cc1OC. The third-order valence-electron chi connectivity index (χ3n) is 5.20. The Morgan fingerprint density at radius 2 is 1.63 bits per heavy atom. The number of hydrogen-bond donors (Lipinski definition) is 1.